The van der Waals surface area contributed by atoms with Gasteiger partial charge >= 0.3 is 0 Å². The van der Waals surface area contributed by atoms with Gasteiger partial charge in [-0.1, -0.05) is 13.8 Å². The van der Waals surface area contributed by atoms with Crippen molar-refractivity contribution in [1.82, 2.24) is 9.97 Å². The first-order chi connectivity index (χ1) is 5.75. The first-order valence-corrected chi connectivity index (χ1v) is 3.73. The number of rotatable bonds is 0. The highest BCUT2D eigenvalue weighted by Crippen LogP contribution is 2.07. The molecule has 0 aliphatic heterocycles. The molecule has 0 saturated heterocycles. The molecule has 1 aromatic heterocycles. The molecule has 0 bridgehead atoms. The number of nitrogens with two attached hydrogens (primary N) is 1. The Morgan fingerprint density at radius 2 is 2.00 bits per heavy atom. The van der Waals surface area contributed by atoms with Gasteiger partial charge in [-0.2, -0.15) is 5.26 Å². The van der Waals surface area contributed by atoms with Gasteiger partial charge in [0.15, 0.2) is 0 Å². The first-order valence-electron chi connectivity index (χ1n) is 3.73. The SMILES string of the molecule is CC.Cc1ncnc(N)c1C#N. The average Bonchev–Trinajstić information content (AvgIpc) is 2.08. The van der Waals surface area contributed by atoms with Gasteiger partial charge in [-0.3, -0.25) is 0 Å². The van der Waals surface area contributed by atoms with Crippen molar-refractivity contribution in [3.63, 3.8) is 0 Å². The summed E-state index contributed by atoms with van der Waals surface area (Å²) in [5.41, 5.74) is 6.34. The highest BCUT2D eigenvalue weighted by atomic mass is 14.9. The smallest absolute Gasteiger partial charge is 0.145 e. The molecule has 4 nitrogen and oxygen atoms in total. The maximum atomic E-state index is 8.49. The standard InChI is InChI=1S/C6H6N4.C2H6/c1-4-5(2-7)6(8)10-3-9-4;1-2/h3H,1H3,(H2,8,9,10);1-2H3. The van der Waals surface area contributed by atoms with Crippen molar-refractivity contribution in [2.45, 2.75) is 20.8 Å². The van der Waals surface area contributed by atoms with Crippen LogP contribution in [-0.2, 0) is 0 Å². The van der Waals surface area contributed by atoms with Gasteiger partial charge in [0.25, 0.3) is 0 Å². The molecular formula is C8H12N4. The van der Waals surface area contributed by atoms with E-state index in [1.807, 2.05) is 19.9 Å². The fraction of sp³-hybridized carbons (Fsp3) is 0.375. The van der Waals surface area contributed by atoms with E-state index in [0.717, 1.165) is 0 Å². The lowest BCUT2D eigenvalue weighted by molar-refractivity contribution is 1.09. The van der Waals surface area contributed by atoms with Gasteiger partial charge in [0.05, 0.1) is 5.69 Å². The second kappa shape index (κ2) is 5.08. The summed E-state index contributed by atoms with van der Waals surface area (Å²) in [7, 11) is 0. The van der Waals surface area contributed by atoms with Crippen LogP contribution < -0.4 is 5.73 Å². The second-order valence-corrected chi connectivity index (χ2v) is 1.83. The topological polar surface area (TPSA) is 75.6 Å². The zero-order valence-corrected chi connectivity index (χ0v) is 7.50. The molecule has 2 N–H and O–H groups in total. The largest absolute Gasteiger partial charge is 0.382 e. The number of aryl methyl sites for hydroxylation is 1. The van der Waals surface area contributed by atoms with Crippen LogP contribution in [-0.4, -0.2) is 9.97 Å². The van der Waals surface area contributed by atoms with E-state index in [4.69, 9.17) is 11.0 Å². The van der Waals surface area contributed by atoms with Gasteiger partial charge < -0.3 is 5.73 Å². The Kier molecular flexibility index (Phi) is 4.39. The van der Waals surface area contributed by atoms with Crippen LogP contribution in [0.2, 0.25) is 0 Å². The zero-order valence-electron chi connectivity index (χ0n) is 7.50. The maximum absolute atomic E-state index is 8.49. The van der Waals surface area contributed by atoms with Crippen molar-refractivity contribution < 1.29 is 0 Å². The Hall–Kier alpha value is -1.63. The van der Waals surface area contributed by atoms with E-state index < -0.39 is 0 Å². The van der Waals surface area contributed by atoms with E-state index in [1.165, 1.54) is 6.33 Å². The number of nitriles is 1. The molecule has 1 heterocycles. The Bertz CT molecular complexity index is 267. The Labute approximate surface area is 72.1 Å². The molecule has 4 heteroatoms. The third-order valence-corrected chi connectivity index (χ3v) is 1.18. The Morgan fingerprint density at radius 3 is 2.33 bits per heavy atom. The lowest BCUT2D eigenvalue weighted by Gasteiger charge is -1.95. The molecular weight excluding hydrogens is 152 g/mol. The van der Waals surface area contributed by atoms with E-state index >= 15 is 0 Å². The van der Waals surface area contributed by atoms with Gasteiger partial charge in [0, 0.05) is 0 Å². The first kappa shape index (κ1) is 10.4. The summed E-state index contributed by atoms with van der Waals surface area (Å²) in [6.07, 6.45) is 1.34. The fourth-order valence-corrected chi connectivity index (χ4v) is 0.630. The van der Waals surface area contributed by atoms with Crippen molar-refractivity contribution in [1.29, 1.82) is 5.26 Å². The molecule has 0 saturated carbocycles. The number of aromatic nitrogens is 2. The minimum absolute atomic E-state index is 0.245. The Morgan fingerprint density at radius 1 is 1.42 bits per heavy atom. The van der Waals surface area contributed by atoms with Crippen molar-refractivity contribution >= 4 is 5.82 Å². The molecule has 0 amide bonds. The number of nitrogens with zero attached hydrogens (tertiary/aromatic N) is 3. The highest BCUT2D eigenvalue weighted by Gasteiger charge is 2.01. The monoisotopic (exact) mass is 164 g/mol. The molecule has 0 atom stereocenters. The molecule has 1 rings (SSSR count). The third-order valence-electron chi connectivity index (χ3n) is 1.18. The average molecular weight is 164 g/mol. The molecule has 0 fully saturated rings. The van der Waals surface area contributed by atoms with Crippen LogP contribution >= 0.6 is 0 Å². The summed E-state index contributed by atoms with van der Waals surface area (Å²) in [5, 5.41) is 8.49. The molecule has 64 valence electrons. The molecule has 0 aromatic carbocycles. The summed E-state index contributed by atoms with van der Waals surface area (Å²) < 4.78 is 0. The number of hydrogen-bond donors (Lipinski definition) is 1. The molecule has 0 unspecified atom stereocenters. The van der Waals surface area contributed by atoms with Crippen LogP contribution in [0.5, 0.6) is 0 Å². The molecule has 1 aromatic rings. The van der Waals surface area contributed by atoms with E-state index in [0.29, 0.717) is 11.3 Å². The number of hydrogen-bond acceptors (Lipinski definition) is 4. The molecule has 0 radical (unpaired) electrons. The Balaban J connectivity index is 0.000000561. The minimum Gasteiger partial charge on any atom is -0.382 e. The summed E-state index contributed by atoms with van der Waals surface area (Å²) in [5.74, 6) is 0.245. The minimum atomic E-state index is 0.245. The van der Waals surface area contributed by atoms with Crippen LogP contribution in [0, 0.1) is 18.3 Å². The number of nitrogen functional groups attached to an aromatic ring is 1. The molecule has 0 spiro atoms. The molecule has 0 aliphatic carbocycles. The lowest BCUT2D eigenvalue weighted by atomic mass is 10.2. The van der Waals surface area contributed by atoms with Gasteiger partial charge in [-0.05, 0) is 6.92 Å². The third kappa shape index (κ3) is 2.20. The quantitative estimate of drug-likeness (QED) is 0.626. The van der Waals surface area contributed by atoms with Crippen molar-refractivity contribution in [3.05, 3.63) is 17.6 Å². The predicted molar refractivity (Wildman–Crippen MR) is 47.2 cm³/mol. The second-order valence-electron chi connectivity index (χ2n) is 1.83. The molecule has 12 heavy (non-hydrogen) atoms. The van der Waals surface area contributed by atoms with Crippen LogP contribution in [0.25, 0.3) is 0 Å². The van der Waals surface area contributed by atoms with E-state index in [9.17, 15) is 0 Å². The van der Waals surface area contributed by atoms with Crippen LogP contribution in [0.3, 0.4) is 0 Å². The summed E-state index contributed by atoms with van der Waals surface area (Å²) in [6.45, 7) is 5.72. The van der Waals surface area contributed by atoms with Gasteiger partial charge in [0.1, 0.15) is 23.8 Å². The van der Waals surface area contributed by atoms with E-state index in [1.54, 1.807) is 6.92 Å². The van der Waals surface area contributed by atoms with E-state index in [-0.39, 0.29) is 5.82 Å². The zero-order chi connectivity index (χ0) is 9.56. The molecule has 0 aliphatic rings. The normalized spacial score (nSPS) is 7.83. The summed E-state index contributed by atoms with van der Waals surface area (Å²) in [4.78, 5) is 7.45. The van der Waals surface area contributed by atoms with Crippen LogP contribution in [0.4, 0.5) is 5.82 Å². The maximum Gasteiger partial charge on any atom is 0.145 e. The van der Waals surface area contributed by atoms with Crippen molar-refractivity contribution in [2.75, 3.05) is 5.73 Å². The fourth-order valence-electron chi connectivity index (χ4n) is 0.630. The van der Waals surface area contributed by atoms with Gasteiger partial charge in [-0.25, -0.2) is 9.97 Å². The van der Waals surface area contributed by atoms with Crippen LogP contribution in [0.15, 0.2) is 6.33 Å². The summed E-state index contributed by atoms with van der Waals surface area (Å²) in [6, 6.07) is 1.91. The van der Waals surface area contributed by atoms with E-state index in [2.05, 4.69) is 9.97 Å². The van der Waals surface area contributed by atoms with Gasteiger partial charge in [-0.15, -0.1) is 0 Å². The summed E-state index contributed by atoms with van der Waals surface area (Å²) >= 11 is 0. The number of anilines is 1. The predicted octanol–water partition coefficient (Wildman–Crippen LogP) is 1.27. The lowest BCUT2D eigenvalue weighted by Crippen LogP contribution is -1.98. The highest BCUT2D eigenvalue weighted by molar-refractivity contribution is 5.49. The van der Waals surface area contributed by atoms with Crippen LogP contribution in [0.1, 0.15) is 25.1 Å². The van der Waals surface area contributed by atoms with Gasteiger partial charge in [0.2, 0.25) is 0 Å². The van der Waals surface area contributed by atoms with Crippen molar-refractivity contribution in [2.24, 2.45) is 0 Å². The van der Waals surface area contributed by atoms with Crippen molar-refractivity contribution in [3.8, 4) is 6.07 Å².